The largest absolute Gasteiger partial charge is 0.481 e. The molecule has 0 fully saturated rings. The molecule has 0 unspecified atom stereocenters. The van der Waals surface area contributed by atoms with E-state index in [1.54, 1.807) is 0 Å². The fourth-order valence-corrected chi connectivity index (χ4v) is 2.30. The Labute approximate surface area is 128 Å². The molecule has 5 nitrogen and oxygen atoms in total. The van der Waals surface area contributed by atoms with E-state index in [1.165, 1.54) is 12.1 Å². The van der Waals surface area contributed by atoms with E-state index in [-0.39, 0.29) is 11.1 Å². The Kier molecular flexibility index (Phi) is 4.88. The molecule has 0 amide bonds. The Hall–Kier alpha value is -2.99. The minimum atomic E-state index is -1.65. The quantitative estimate of drug-likeness (QED) is 0.512. The zero-order valence-electron chi connectivity index (χ0n) is 11.5. The van der Waals surface area contributed by atoms with Crippen LogP contribution < -0.4 is 0 Å². The van der Waals surface area contributed by atoms with E-state index >= 15 is 0 Å². The van der Waals surface area contributed by atoms with Crippen LogP contribution in [0.4, 0.5) is 13.2 Å². The first-order valence-corrected chi connectivity index (χ1v) is 6.41. The van der Waals surface area contributed by atoms with Crippen LogP contribution in [-0.2, 0) is 4.79 Å². The number of halogens is 3. The van der Waals surface area contributed by atoms with Crippen molar-refractivity contribution in [3.05, 3.63) is 81.5 Å². The molecule has 0 aromatic heterocycles. The molecule has 2 atom stereocenters. The molecule has 2 aromatic rings. The fraction of sp³-hybridized carbons (Fsp3) is 0.133. The van der Waals surface area contributed by atoms with Crippen molar-refractivity contribution in [1.82, 2.24) is 0 Å². The lowest BCUT2D eigenvalue weighted by Crippen LogP contribution is -2.27. The molecular formula is C15H10F3N3O2. The van der Waals surface area contributed by atoms with Crippen molar-refractivity contribution in [2.45, 2.75) is 12.0 Å². The van der Waals surface area contributed by atoms with Gasteiger partial charge in [-0.2, -0.15) is 0 Å². The van der Waals surface area contributed by atoms with Crippen LogP contribution in [0.2, 0.25) is 0 Å². The molecule has 2 aromatic carbocycles. The van der Waals surface area contributed by atoms with E-state index in [0.29, 0.717) is 6.07 Å². The molecule has 0 bridgehead atoms. The molecule has 0 heterocycles. The van der Waals surface area contributed by atoms with E-state index in [0.717, 1.165) is 24.3 Å². The highest BCUT2D eigenvalue weighted by atomic mass is 19.1. The zero-order valence-corrected chi connectivity index (χ0v) is 11.5. The summed E-state index contributed by atoms with van der Waals surface area (Å²) in [5.41, 5.74) is 8.78. The number of carbonyl (C=O) groups is 1. The molecule has 0 saturated carbocycles. The summed E-state index contributed by atoms with van der Waals surface area (Å²) >= 11 is 0. The molecule has 0 aliphatic carbocycles. The number of azide groups is 1. The lowest BCUT2D eigenvalue weighted by molar-refractivity contribution is -0.138. The van der Waals surface area contributed by atoms with Crippen molar-refractivity contribution in [3.63, 3.8) is 0 Å². The summed E-state index contributed by atoms with van der Waals surface area (Å²) in [4.78, 5) is 13.9. The summed E-state index contributed by atoms with van der Waals surface area (Å²) in [6.45, 7) is 0. The lowest BCUT2D eigenvalue weighted by atomic mass is 9.85. The van der Waals surface area contributed by atoms with Crippen molar-refractivity contribution in [2.24, 2.45) is 5.11 Å². The van der Waals surface area contributed by atoms with Crippen LogP contribution in [0.1, 0.15) is 17.0 Å². The molecule has 23 heavy (non-hydrogen) atoms. The Bertz CT molecular complexity index is 752. The number of aliphatic carboxylic acids is 1. The molecule has 2 rings (SSSR count). The van der Waals surface area contributed by atoms with Gasteiger partial charge in [0, 0.05) is 16.9 Å². The van der Waals surface area contributed by atoms with Crippen LogP contribution in [0.3, 0.4) is 0 Å². The summed E-state index contributed by atoms with van der Waals surface area (Å²) in [6, 6.07) is 5.57. The lowest BCUT2D eigenvalue weighted by Gasteiger charge is -2.22. The molecule has 118 valence electrons. The first-order chi connectivity index (χ1) is 10.9. The first-order valence-electron chi connectivity index (χ1n) is 6.41. The minimum absolute atomic E-state index is 0.0334. The van der Waals surface area contributed by atoms with Crippen molar-refractivity contribution in [3.8, 4) is 0 Å². The number of carboxylic acids is 1. The third kappa shape index (κ3) is 3.81. The topological polar surface area (TPSA) is 86.1 Å². The molecule has 0 radical (unpaired) electrons. The Morgan fingerprint density at radius 2 is 1.57 bits per heavy atom. The third-order valence-corrected chi connectivity index (χ3v) is 3.22. The summed E-state index contributed by atoms with van der Waals surface area (Å²) < 4.78 is 40.0. The number of rotatable bonds is 5. The van der Waals surface area contributed by atoms with Crippen molar-refractivity contribution >= 4 is 5.97 Å². The fourth-order valence-electron chi connectivity index (χ4n) is 2.30. The van der Waals surface area contributed by atoms with Gasteiger partial charge in [-0.1, -0.05) is 17.2 Å². The molecular weight excluding hydrogens is 311 g/mol. The number of carboxylic acid groups (broad SMARTS) is 1. The maximum Gasteiger partial charge on any atom is 0.313 e. The number of hydrogen-bond acceptors (Lipinski definition) is 2. The number of benzene rings is 2. The van der Waals surface area contributed by atoms with Crippen molar-refractivity contribution in [1.29, 1.82) is 0 Å². The molecule has 1 N–H and O–H groups in total. The van der Waals surface area contributed by atoms with Gasteiger partial charge in [-0.3, -0.25) is 4.79 Å². The summed E-state index contributed by atoms with van der Waals surface area (Å²) in [5, 5.41) is 12.5. The summed E-state index contributed by atoms with van der Waals surface area (Å²) in [5.74, 6) is -5.01. The number of hydrogen-bond donors (Lipinski definition) is 1. The molecule has 8 heteroatoms. The number of nitrogens with zero attached hydrogens (tertiary/aromatic N) is 3. The third-order valence-electron chi connectivity index (χ3n) is 3.22. The Balaban J connectivity index is 2.65. The molecule has 0 aliphatic rings. The molecule has 0 saturated heterocycles. The predicted octanol–water partition coefficient (Wildman–Crippen LogP) is 4.00. The summed E-state index contributed by atoms with van der Waals surface area (Å²) in [6.07, 6.45) is 0. The van der Waals surface area contributed by atoms with Gasteiger partial charge in [0.1, 0.15) is 23.5 Å². The predicted molar refractivity (Wildman–Crippen MR) is 75.2 cm³/mol. The maximum absolute atomic E-state index is 13.5. The summed E-state index contributed by atoms with van der Waals surface area (Å²) in [7, 11) is 0. The van der Waals surface area contributed by atoms with Gasteiger partial charge in [-0.05, 0) is 40.9 Å². The van der Waals surface area contributed by atoms with Gasteiger partial charge in [0.2, 0.25) is 0 Å². The van der Waals surface area contributed by atoms with Crippen LogP contribution >= 0.6 is 0 Å². The van der Waals surface area contributed by atoms with Crippen LogP contribution in [-0.4, -0.2) is 17.1 Å². The van der Waals surface area contributed by atoms with Crippen LogP contribution in [0.15, 0.2) is 47.6 Å². The van der Waals surface area contributed by atoms with E-state index in [9.17, 15) is 23.1 Å². The molecule has 0 aliphatic heterocycles. The minimum Gasteiger partial charge on any atom is -0.481 e. The van der Waals surface area contributed by atoms with Gasteiger partial charge in [0.25, 0.3) is 0 Å². The second-order valence-corrected chi connectivity index (χ2v) is 4.72. The highest BCUT2D eigenvalue weighted by Gasteiger charge is 2.31. The zero-order chi connectivity index (χ0) is 17.0. The van der Waals surface area contributed by atoms with E-state index in [1.807, 2.05) is 0 Å². The highest BCUT2D eigenvalue weighted by Crippen LogP contribution is 2.31. The highest BCUT2D eigenvalue weighted by molar-refractivity contribution is 5.76. The standard InChI is InChI=1S/C15H10F3N3O2/c16-10-3-1-8(2-4-10)13(14(15(22)23)20-21-19)9-5-11(17)7-12(18)6-9/h1-7,13-14H,(H,22,23)/t13-,14+/m0/s1. The Morgan fingerprint density at radius 1 is 1.00 bits per heavy atom. The smallest absolute Gasteiger partial charge is 0.313 e. The van der Waals surface area contributed by atoms with Crippen molar-refractivity contribution in [2.75, 3.05) is 0 Å². The molecule has 0 spiro atoms. The SMILES string of the molecule is [N-]=[N+]=N[C@@H](C(=O)O)[C@@H](c1ccc(F)cc1)c1cc(F)cc(F)c1. The van der Waals surface area contributed by atoms with Crippen molar-refractivity contribution < 1.29 is 23.1 Å². The Morgan fingerprint density at radius 3 is 2.04 bits per heavy atom. The van der Waals surface area contributed by atoms with Gasteiger partial charge >= 0.3 is 5.97 Å². The normalized spacial score (nSPS) is 13.0. The van der Waals surface area contributed by atoms with Gasteiger partial charge in [-0.15, -0.1) is 0 Å². The van der Waals surface area contributed by atoms with Gasteiger partial charge in [0.15, 0.2) is 0 Å². The van der Waals surface area contributed by atoms with Crippen LogP contribution in [0.5, 0.6) is 0 Å². The first kappa shape index (κ1) is 16.4. The van der Waals surface area contributed by atoms with Gasteiger partial charge in [0.05, 0.1) is 0 Å². The second-order valence-electron chi connectivity index (χ2n) is 4.72. The monoisotopic (exact) mass is 321 g/mol. The van der Waals surface area contributed by atoms with E-state index in [2.05, 4.69) is 10.0 Å². The average Bonchev–Trinajstić information content (AvgIpc) is 2.47. The van der Waals surface area contributed by atoms with E-state index in [4.69, 9.17) is 5.53 Å². The second kappa shape index (κ2) is 6.85. The van der Waals surface area contributed by atoms with E-state index < -0.39 is 35.4 Å². The average molecular weight is 321 g/mol. The maximum atomic E-state index is 13.5. The van der Waals surface area contributed by atoms with Gasteiger partial charge in [-0.25, -0.2) is 13.2 Å². The van der Waals surface area contributed by atoms with Crippen LogP contribution in [0.25, 0.3) is 10.4 Å². The van der Waals surface area contributed by atoms with Gasteiger partial charge < -0.3 is 5.11 Å². The van der Waals surface area contributed by atoms with Crippen LogP contribution in [0, 0.1) is 17.5 Å².